The van der Waals surface area contributed by atoms with Gasteiger partial charge in [0.25, 0.3) is 0 Å². The summed E-state index contributed by atoms with van der Waals surface area (Å²) >= 11 is 0. The summed E-state index contributed by atoms with van der Waals surface area (Å²) in [6.45, 7) is 4.14. The lowest BCUT2D eigenvalue weighted by atomic mass is 9.97. The molecule has 20 N–H and O–H groups in total. The van der Waals surface area contributed by atoms with Crippen molar-refractivity contribution >= 4 is 81.0 Å². The van der Waals surface area contributed by atoms with E-state index in [4.69, 9.17) is 32.8 Å². The maximum atomic E-state index is 14.4. The van der Waals surface area contributed by atoms with E-state index in [1.165, 1.54) is 6.92 Å². The number of benzene rings is 2. The van der Waals surface area contributed by atoms with E-state index in [1.807, 2.05) is 0 Å². The number of carbonyl (C=O) groups excluding carboxylic acids is 11. The number of nitrogens with zero attached hydrogens (tertiary/aromatic N) is 1. The molecule has 0 unspecified atom stereocenters. The zero-order valence-corrected chi connectivity index (χ0v) is 49.0. The number of primary amides is 3. The highest BCUT2D eigenvalue weighted by Crippen LogP contribution is 2.20. The van der Waals surface area contributed by atoms with Crippen molar-refractivity contribution in [2.75, 3.05) is 32.1 Å². The Labute approximate surface area is 498 Å². The molecule has 486 valence electrons. The summed E-state index contributed by atoms with van der Waals surface area (Å²) in [4.78, 5) is 152. The minimum atomic E-state index is -5.08. The van der Waals surface area contributed by atoms with Crippen LogP contribution in [-0.4, -0.2) is 197 Å². The molecule has 0 spiro atoms. The van der Waals surface area contributed by atoms with Crippen LogP contribution in [0.1, 0.15) is 71.4 Å². The number of carboxylic acids is 1. The largest absolute Gasteiger partial charge is 0.490 e. The van der Waals surface area contributed by atoms with Crippen LogP contribution in [0.2, 0.25) is 0 Å². The van der Waals surface area contributed by atoms with Gasteiger partial charge in [-0.15, -0.1) is 0 Å². The maximum Gasteiger partial charge on any atom is 0.490 e. The summed E-state index contributed by atoms with van der Waals surface area (Å²) < 4.78 is 61.3. The highest BCUT2D eigenvalue weighted by atomic mass is 32.2. The number of hydrogen-bond acceptors (Lipinski definition) is 18. The topological polar surface area (TPSA) is 523 Å². The Morgan fingerprint density at radius 1 is 0.598 bits per heavy atom. The number of halogens is 3. The molecule has 35 heteroatoms. The van der Waals surface area contributed by atoms with Gasteiger partial charge in [-0.25, -0.2) is 13.2 Å². The molecule has 2 rings (SSSR count). The Kier molecular flexibility index (Phi) is 32.8. The van der Waals surface area contributed by atoms with E-state index in [9.17, 15) is 89.6 Å². The first-order chi connectivity index (χ1) is 40.5. The van der Waals surface area contributed by atoms with Crippen LogP contribution in [0.15, 0.2) is 60.7 Å². The molecular weight excluding hydrogens is 1180 g/mol. The number of hydrogen-bond donors (Lipinski definition) is 16. The number of carboxylic acid groups (broad SMARTS) is 1. The molecule has 2 aromatic carbocycles. The predicted molar refractivity (Wildman–Crippen MR) is 301 cm³/mol. The van der Waals surface area contributed by atoms with Gasteiger partial charge >= 0.3 is 12.1 Å². The normalized spacial score (nSPS) is 14.8. The van der Waals surface area contributed by atoms with Crippen LogP contribution in [0.5, 0.6) is 0 Å². The lowest BCUT2D eigenvalue weighted by molar-refractivity contribution is -0.192. The van der Waals surface area contributed by atoms with Crippen molar-refractivity contribution in [3.63, 3.8) is 0 Å². The second kappa shape index (κ2) is 37.2. The molecule has 2 aromatic rings. The molecule has 0 aliphatic carbocycles. The molecule has 31 nitrogen and oxygen atoms in total. The van der Waals surface area contributed by atoms with E-state index < -0.39 is 199 Å². The first kappa shape index (κ1) is 76.6. The second-order valence-electron chi connectivity index (χ2n) is 20.2. The average Bonchev–Trinajstić information content (AvgIpc) is 1.68. The van der Waals surface area contributed by atoms with E-state index in [0.717, 1.165) is 0 Å². The molecule has 0 radical (unpaired) electrons. The highest BCUT2D eigenvalue weighted by molar-refractivity contribution is 7.89. The molecule has 0 aliphatic rings. The van der Waals surface area contributed by atoms with Crippen LogP contribution in [0, 0.1) is 11.8 Å². The van der Waals surface area contributed by atoms with Crippen molar-refractivity contribution < 1.29 is 99.5 Å². The second-order valence-corrected chi connectivity index (χ2v) is 22.1. The van der Waals surface area contributed by atoms with E-state index in [1.54, 1.807) is 88.4 Å². The Morgan fingerprint density at radius 2 is 1.08 bits per heavy atom. The van der Waals surface area contributed by atoms with Crippen LogP contribution >= 0.6 is 0 Å². The third kappa shape index (κ3) is 28.1. The fourth-order valence-corrected chi connectivity index (χ4v) is 9.55. The van der Waals surface area contributed by atoms with Crippen LogP contribution in [-0.2, 0) is 80.5 Å². The first-order valence-corrected chi connectivity index (χ1v) is 28.3. The lowest BCUT2D eigenvalue weighted by Crippen LogP contribution is -2.60. The van der Waals surface area contributed by atoms with Crippen molar-refractivity contribution in [3.8, 4) is 0 Å². The Balaban J connectivity index is 0.00000507. The summed E-state index contributed by atoms with van der Waals surface area (Å²) in [6.07, 6.45) is -6.55. The quantitative estimate of drug-likeness (QED) is 0.0302. The van der Waals surface area contributed by atoms with Gasteiger partial charge < -0.3 is 85.9 Å². The molecule has 10 atom stereocenters. The molecule has 0 saturated carbocycles. The van der Waals surface area contributed by atoms with Gasteiger partial charge in [0, 0.05) is 19.0 Å². The van der Waals surface area contributed by atoms with E-state index in [2.05, 4.69) is 42.5 Å². The Hall–Kier alpha value is -8.38. The average molecular weight is 1260 g/mol. The summed E-state index contributed by atoms with van der Waals surface area (Å²) in [6, 6.07) is 2.39. The molecule has 0 bridgehead atoms. The molecule has 0 aromatic heterocycles. The van der Waals surface area contributed by atoms with Crippen molar-refractivity contribution in [1.82, 2.24) is 46.8 Å². The van der Waals surface area contributed by atoms with Gasteiger partial charge in [-0.1, -0.05) is 94.8 Å². The molecule has 0 heterocycles. The number of nitrogens with two attached hydrogens (primary N) is 4. The number of sulfonamides is 1. The van der Waals surface area contributed by atoms with Crippen LogP contribution in [0.4, 0.5) is 13.2 Å². The summed E-state index contributed by atoms with van der Waals surface area (Å²) in [5.74, 6) is -15.7. The van der Waals surface area contributed by atoms with E-state index in [0.29, 0.717) is 21.9 Å². The Morgan fingerprint density at radius 3 is 1.52 bits per heavy atom. The van der Waals surface area contributed by atoms with Crippen molar-refractivity contribution in [2.24, 2.45) is 34.8 Å². The fourth-order valence-electron chi connectivity index (χ4n) is 7.74. The fraction of sp³-hybridized carbons (Fsp3) is 0.538. The van der Waals surface area contributed by atoms with Gasteiger partial charge in [0.1, 0.15) is 48.3 Å². The molecule has 11 amide bonds. The van der Waals surface area contributed by atoms with Gasteiger partial charge in [0.15, 0.2) is 0 Å². The van der Waals surface area contributed by atoms with Crippen molar-refractivity contribution in [1.29, 1.82) is 0 Å². The number of nitrogens with one attached hydrogen (secondary N) is 8. The number of aliphatic carboxylic acids is 1. The smallest absolute Gasteiger partial charge is 0.475 e. The first-order valence-electron chi connectivity index (χ1n) is 26.7. The SMILES string of the molecule is CC[C@H](C)[C@H](NC(=O)[C@H](C)NC(=O)CNC(=O)[C@H](Cc1ccccc1)NC(=O)[C@H](CC(N)=O)NC(=O)[C@H](CC(N)=O)NC(=O)[C@@H](N)CO)C(=O)N[C@@H](CC(C)C)CS(=O)(=O)N(Cc1ccccc1)[C@@H](CO)C(=O)N[C@@H](CO)C(N)=O.O=C(O)C(F)(F)F. The number of aliphatic hydroxyl groups excluding tert-OH is 3. The molecule has 0 fully saturated rings. The van der Waals surface area contributed by atoms with Crippen LogP contribution in [0.3, 0.4) is 0 Å². The minimum absolute atomic E-state index is 0.0660. The number of alkyl halides is 3. The zero-order chi connectivity index (χ0) is 66.5. The molecular formula is C52H78F3N13O18S. The van der Waals surface area contributed by atoms with Gasteiger partial charge in [-0.3, -0.25) is 52.7 Å². The zero-order valence-electron chi connectivity index (χ0n) is 48.2. The van der Waals surface area contributed by atoms with Crippen LogP contribution < -0.4 is 65.5 Å². The summed E-state index contributed by atoms with van der Waals surface area (Å²) in [7, 11) is -4.63. The highest BCUT2D eigenvalue weighted by Gasteiger charge is 2.40. The minimum Gasteiger partial charge on any atom is -0.475 e. The lowest BCUT2D eigenvalue weighted by Gasteiger charge is -2.32. The van der Waals surface area contributed by atoms with Gasteiger partial charge in [-0.05, 0) is 36.3 Å². The third-order valence-corrected chi connectivity index (χ3v) is 14.4. The Bertz CT molecular complexity index is 2790. The summed E-state index contributed by atoms with van der Waals surface area (Å²) in [5.41, 5.74) is 22.3. The summed E-state index contributed by atoms with van der Waals surface area (Å²) in [5, 5.41) is 55.3. The molecule has 0 aliphatic heterocycles. The number of carbonyl (C=O) groups is 12. The monoisotopic (exact) mass is 1260 g/mol. The molecule has 87 heavy (non-hydrogen) atoms. The maximum absolute atomic E-state index is 14.4. The van der Waals surface area contributed by atoms with Gasteiger partial charge in [0.2, 0.25) is 75.0 Å². The third-order valence-electron chi connectivity index (χ3n) is 12.5. The predicted octanol–water partition coefficient (Wildman–Crippen LogP) is -5.77. The van der Waals surface area contributed by atoms with E-state index >= 15 is 0 Å². The van der Waals surface area contributed by atoms with Crippen molar-refractivity contribution in [2.45, 2.75) is 134 Å². The van der Waals surface area contributed by atoms with E-state index in [-0.39, 0.29) is 18.8 Å². The van der Waals surface area contributed by atoms with Gasteiger partial charge in [-0.2, -0.15) is 17.5 Å². The standard InChI is InChI=1S/C50H77N13O16S.C2HF3O2/c1-6-28(4)42(50(77)57-32(17-27(2)3)26-80(78,79)63(22-31-15-11-8-12-16-31)38(25-66)49(76)61-37(24-65)43(54)70)62-44(71)29(5)56-41(69)21-55-46(73)34(18-30-13-9-7-10-14-30)59-48(75)36(20-40(53)68)60-47(74)35(19-39(52)67)58-45(72)33(51)23-64;3-2(4,5)1(6)7/h7-16,27-29,32-38,42,64-66H,6,17-26,51H2,1-5H3,(H2,52,67)(H2,53,68)(H2,54,70)(H,55,73)(H,56,69)(H,57,77)(H,58,72)(H,59,75)(H,60,74)(H,61,76)(H,62,71);(H,6,7)/t28-,29-,32-,33-,34-,35-,36-,37-,38-,42-;/m0./s1. The number of rotatable bonds is 36. The number of amides is 11. The van der Waals surface area contributed by atoms with Crippen LogP contribution in [0.25, 0.3) is 0 Å². The molecule has 0 saturated heterocycles. The van der Waals surface area contributed by atoms with Gasteiger partial charge in [0.05, 0.1) is 45.0 Å². The number of aliphatic hydroxyl groups is 3. The van der Waals surface area contributed by atoms with Crippen molar-refractivity contribution in [3.05, 3.63) is 71.8 Å².